The molecule has 4 heterocycles. The maximum Gasteiger partial charge on any atom is 0.212 e. The van der Waals surface area contributed by atoms with E-state index in [1.165, 1.54) is 21.5 Å². The van der Waals surface area contributed by atoms with Crippen molar-refractivity contribution < 1.29 is 38.8 Å². The third-order valence-corrected chi connectivity index (χ3v) is 17.3. The molecule has 0 aliphatic rings. The zero-order valence-electron chi connectivity index (χ0n) is 61.0. The Morgan fingerprint density at radius 2 is 0.722 bits per heavy atom. The van der Waals surface area contributed by atoms with Crippen molar-refractivity contribution in [3.8, 4) is 45.0 Å². The van der Waals surface area contributed by atoms with Crippen LogP contribution in [-0.4, -0.2) is 16.1 Å². The zero-order valence-corrected chi connectivity index (χ0v) is 48.0. The highest BCUT2D eigenvalue weighted by atomic mass is 28.3. The van der Waals surface area contributed by atoms with Crippen LogP contribution in [-0.2, 0) is 28.2 Å². The lowest BCUT2D eigenvalue weighted by atomic mass is 10.0. The summed E-state index contributed by atoms with van der Waals surface area (Å²) in [5.74, 6) is 0. The minimum absolute atomic E-state index is 0.303. The summed E-state index contributed by atoms with van der Waals surface area (Å²) in [6.07, 6.45) is 8.09. The second-order valence-corrected chi connectivity index (χ2v) is 31.6. The molecule has 0 radical (unpaired) electrons. The van der Waals surface area contributed by atoms with Gasteiger partial charge >= 0.3 is 0 Å². The average Bonchev–Trinajstić information content (AvgIpc) is 1.24. The number of hydrogen-bond donors (Lipinski definition) is 0. The van der Waals surface area contributed by atoms with Crippen LogP contribution in [0.1, 0.15) is 87.3 Å². The van der Waals surface area contributed by atoms with Gasteiger partial charge in [0, 0.05) is 89.1 Å². The fourth-order valence-corrected chi connectivity index (χ4v) is 11.9. The highest BCUT2D eigenvalue weighted by Gasteiger charge is 2.25. The van der Waals surface area contributed by atoms with E-state index in [9.17, 15) is 0 Å². The van der Waals surface area contributed by atoms with Gasteiger partial charge in [0.05, 0.1) is 16.1 Å². The van der Waals surface area contributed by atoms with Crippen molar-refractivity contribution in [3.63, 3.8) is 0 Å². The molecule has 0 spiro atoms. The molecule has 0 amide bonds. The van der Waals surface area contributed by atoms with Crippen molar-refractivity contribution in [2.75, 3.05) is 0 Å². The Kier molecular flexibility index (Phi) is 12.6. The molecule has 4 aromatic heterocycles. The molecule has 72 heavy (non-hydrogen) atoms. The second kappa shape index (κ2) is 23.6. The first-order valence-electron chi connectivity index (χ1n) is 32.0. The molecule has 0 saturated carbocycles. The van der Waals surface area contributed by atoms with E-state index in [-0.39, 0.29) is 0 Å². The van der Waals surface area contributed by atoms with E-state index in [4.69, 9.17) is 20.6 Å². The molecule has 8 aromatic rings. The summed E-state index contributed by atoms with van der Waals surface area (Å²) in [6, 6.07) is 33.8. The van der Waals surface area contributed by atoms with E-state index >= 15 is 0 Å². The second-order valence-electron chi connectivity index (χ2n) is 21.5. The first-order valence-corrected chi connectivity index (χ1v) is 31.5. The summed E-state index contributed by atoms with van der Waals surface area (Å²) in [5, 5.41) is 2.87. The van der Waals surface area contributed by atoms with Gasteiger partial charge in [0.25, 0.3) is 0 Å². The van der Waals surface area contributed by atoms with Crippen molar-refractivity contribution in [3.05, 3.63) is 201 Å². The maximum absolute atomic E-state index is 7.58. The van der Waals surface area contributed by atoms with Crippen LogP contribution in [0.15, 0.2) is 134 Å². The Balaban J connectivity index is 0.000000212. The van der Waals surface area contributed by atoms with E-state index in [0.717, 1.165) is 67.3 Å². The SMILES string of the molecule is [2H]C([2H])([2H])c1ccc(-c2cc(C)c(C([2H])([2H])[2H])c[n+]2C)c(C)c1.[2H]C([2H])([2H])c1ccc(-c2cc(C)c([Si](C)(C)C)c[n+]2C)c(C)c1.[2H]C([2H])([2H])c1ccc(-c2cc(C)cc[n+]2C)c(C)c1.[2H]C([2H])([2H])c1ccc(-c2ccc([Si](C)(C)C)c[n+]2C)c(C)c1. The monoisotopic (exact) mass is 1010 g/mol. The standard InChI is InChI=1S/C18H26NSi.C17H24NSi.C16H20N.C15H18N/c1-13-8-9-16(14(2)10-13)17-11-15(3)18(12-19(17)4)20(5,6)7;1-13-7-9-16(14(2)11-13)17-10-8-15(12-18(17)3)19(4,5)6;1-11-6-7-15(13(3)8-11)16-9-12(2)14(4)10-17(16)5;1-11-5-6-14(13(3)9-11)15-10-12(2)7-8-16(15)4/h8-12H,1-7H3;7-12H,1-6H3;6-10H,1-5H3;5-10H,1-4H3/q4*+1/i2*1D3;1D3,4D3;1D3. The predicted molar refractivity (Wildman–Crippen MR) is 315 cm³/mol. The van der Waals surface area contributed by atoms with E-state index in [2.05, 4.69) is 119 Å². The molecule has 0 aliphatic heterocycles. The highest BCUT2D eigenvalue weighted by Crippen LogP contribution is 2.26. The number of benzene rings is 4. The lowest BCUT2D eigenvalue weighted by Gasteiger charge is -2.18. The molecule has 0 aliphatic carbocycles. The van der Waals surface area contributed by atoms with Crippen LogP contribution >= 0.6 is 0 Å². The Labute approximate surface area is 459 Å². The van der Waals surface area contributed by atoms with Gasteiger partial charge in [0.15, 0.2) is 24.8 Å². The normalized spacial score (nSPS) is 15.2. The van der Waals surface area contributed by atoms with Gasteiger partial charge in [0.1, 0.15) is 28.2 Å². The largest absolute Gasteiger partial charge is 0.212 e. The van der Waals surface area contributed by atoms with Crippen LogP contribution in [0.2, 0.25) is 39.3 Å². The molecule has 8 rings (SSSR count). The van der Waals surface area contributed by atoms with Gasteiger partial charge in [-0.3, -0.25) is 0 Å². The third kappa shape index (κ3) is 14.5. The number of rotatable bonds is 6. The molecular formula is C66H88N4Si2+4. The Morgan fingerprint density at radius 1 is 0.319 bits per heavy atom. The van der Waals surface area contributed by atoms with E-state index in [1.54, 1.807) is 79.3 Å². The Bertz CT molecular complexity index is 3600. The fourth-order valence-electron chi connectivity index (χ4n) is 8.90. The van der Waals surface area contributed by atoms with Crippen molar-refractivity contribution >= 4 is 26.5 Å². The van der Waals surface area contributed by atoms with Crippen molar-refractivity contribution in [1.82, 2.24) is 0 Å². The summed E-state index contributed by atoms with van der Waals surface area (Å²) >= 11 is 0. The smallest absolute Gasteiger partial charge is 0.201 e. The summed E-state index contributed by atoms with van der Waals surface area (Å²) in [4.78, 5) is 0. The molecule has 0 atom stereocenters. The molecular weight excluding hydrogens is 905 g/mol. The molecule has 6 heteroatoms. The van der Waals surface area contributed by atoms with Crippen LogP contribution in [0, 0.1) is 82.7 Å². The average molecular weight is 1010 g/mol. The van der Waals surface area contributed by atoms with Crippen LogP contribution in [0.3, 0.4) is 0 Å². The van der Waals surface area contributed by atoms with Crippen LogP contribution in [0.25, 0.3) is 45.0 Å². The van der Waals surface area contributed by atoms with E-state index < -0.39 is 50.4 Å². The molecule has 0 unspecified atom stereocenters. The Hall–Kier alpha value is -6.09. The van der Waals surface area contributed by atoms with Gasteiger partial charge in [-0.25, -0.2) is 18.3 Å². The van der Waals surface area contributed by atoms with Gasteiger partial charge < -0.3 is 0 Å². The minimum Gasteiger partial charge on any atom is -0.201 e. The van der Waals surface area contributed by atoms with E-state index in [0.29, 0.717) is 33.4 Å². The number of nitrogens with zero attached hydrogens (tertiary/aromatic N) is 4. The third-order valence-electron chi connectivity index (χ3n) is 13.1. The van der Waals surface area contributed by atoms with Gasteiger partial charge in [-0.05, 0) is 146 Å². The van der Waals surface area contributed by atoms with Gasteiger partial charge in [-0.1, -0.05) is 116 Å². The highest BCUT2D eigenvalue weighted by molar-refractivity contribution is 6.89. The number of aryl methyl sites for hydroxylation is 16. The minimum atomic E-state index is -2.15. The lowest BCUT2D eigenvalue weighted by Crippen LogP contribution is -2.46. The summed E-state index contributed by atoms with van der Waals surface area (Å²) in [7, 11) is 5.19. The van der Waals surface area contributed by atoms with Crippen LogP contribution < -0.4 is 28.6 Å². The van der Waals surface area contributed by atoms with Crippen molar-refractivity contribution in [2.45, 2.75) is 122 Å². The quantitative estimate of drug-likeness (QED) is 0.117. The topological polar surface area (TPSA) is 15.5 Å². The van der Waals surface area contributed by atoms with Crippen molar-refractivity contribution in [2.24, 2.45) is 28.2 Å². The fraction of sp³-hybridized carbons (Fsp3) is 0.333. The zero-order chi connectivity index (χ0) is 66.1. The Morgan fingerprint density at radius 3 is 1.11 bits per heavy atom. The first kappa shape index (κ1) is 38.5. The molecule has 4 aromatic carbocycles. The van der Waals surface area contributed by atoms with Crippen molar-refractivity contribution in [1.29, 1.82) is 0 Å². The molecule has 4 nitrogen and oxygen atoms in total. The number of hydrogen-bond acceptors (Lipinski definition) is 0. The predicted octanol–water partition coefficient (Wildman–Crippen LogP) is 13.5. The van der Waals surface area contributed by atoms with E-state index in [1.807, 2.05) is 69.8 Å². The van der Waals surface area contributed by atoms with Gasteiger partial charge in [0.2, 0.25) is 22.8 Å². The van der Waals surface area contributed by atoms with Gasteiger partial charge in [-0.2, -0.15) is 0 Å². The lowest BCUT2D eigenvalue weighted by molar-refractivity contribution is -0.660. The number of aromatic nitrogens is 4. The molecule has 0 N–H and O–H groups in total. The maximum atomic E-state index is 7.58. The summed E-state index contributed by atoms with van der Waals surface area (Å²) in [5.41, 5.74) is 17.1. The van der Waals surface area contributed by atoms with Crippen LogP contribution in [0.4, 0.5) is 0 Å². The molecule has 0 bridgehead atoms. The molecule has 0 saturated heterocycles. The summed E-state index contributed by atoms with van der Waals surface area (Å²) in [6.45, 7) is 17.4. The van der Waals surface area contributed by atoms with Crippen LogP contribution in [0.5, 0.6) is 0 Å². The number of pyridine rings is 4. The van der Waals surface area contributed by atoms with Gasteiger partial charge in [-0.15, -0.1) is 0 Å². The summed E-state index contributed by atoms with van der Waals surface area (Å²) < 4.78 is 121. The molecule has 376 valence electrons. The molecule has 0 fully saturated rings. The first-order chi connectivity index (χ1) is 39.6.